The smallest absolute Gasteiger partial charge is 0.273 e. The van der Waals surface area contributed by atoms with Crippen molar-refractivity contribution in [3.63, 3.8) is 0 Å². The minimum absolute atomic E-state index is 0.112. The van der Waals surface area contributed by atoms with Gasteiger partial charge in [-0.15, -0.1) is 0 Å². The van der Waals surface area contributed by atoms with Crippen LogP contribution in [0, 0.1) is 34.1 Å². The molecule has 0 N–H and O–H groups in total. The fourth-order valence-electron chi connectivity index (χ4n) is 3.77. The first kappa shape index (κ1) is 21.9. The van der Waals surface area contributed by atoms with Crippen LogP contribution in [0.4, 0.5) is 11.4 Å². The molecule has 162 valence electrons. The molecule has 1 aliphatic heterocycles. The Hall–Kier alpha value is -3.82. The molecule has 0 atom stereocenters. The van der Waals surface area contributed by atoms with Crippen molar-refractivity contribution in [2.24, 2.45) is 0 Å². The van der Waals surface area contributed by atoms with Crippen molar-refractivity contribution in [1.82, 2.24) is 9.80 Å². The lowest BCUT2D eigenvalue weighted by atomic mass is 10.1. The monoisotopic (exact) mass is 426 g/mol. The van der Waals surface area contributed by atoms with E-state index in [1.807, 2.05) is 0 Å². The molecule has 2 amide bonds. The summed E-state index contributed by atoms with van der Waals surface area (Å²) in [5, 5.41) is 22.3. The van der Waals surface area contributed by atoms with Gasteiger partial charge in [-0.2, -0.15) is 0 Å². The number of nitrogens with zero attached hydrogens (tertiary/aromatic N) is 4. The number of carbonyl (C=O) groups excluding carboxylic acids is 2. The van der Waals surface area contributed by atoms with Crippen LogP contribution in [-0.4, -0.2) is 57.6 Å². The summed E-state index contributed by atoms with van der Waals surface area (Å²) in [5.74, 6) is -0.635. The third kappa shape index (κ3) is 4.37. The summed E-state index contributed by atoms with van der Waals surface area (Å²) >= 11 is 0. The zero-order chi connectivity index (χ0) is 22.7. The summed E-state index contributed by atoms with van der Waals surface area (Å²) in [6, 6.07) is 8.80. The second kappa shape index (κ2) is 8.90. The van der Waals surface area contributed by atoms with Crippen LogP contribution in [0.3, 0.4) is 0 Å². The van der Waals surface area contributed by atoms with Crippen molar-refractivity contribution in [1.29, 1.82) is 0 Å². The Balaban J connectivity index is 1.77. The average molecular weight is 426 g/mol. The summed E-state index contributed by atoms with van der Waals surface area (Å²) < 4.78 is 0. The van der Waals surface area contributed by atoms with Gasteiger partial charge in [0.25, 0.3) is 23.2 Å². The maximum atomic E-state index is 13.0. The molecule has 1 fully saturated rings. The van der Waals surface area contributed by atoms with Crippen LogP contribution in [0.15, 0.2) is 36.4 Å². The van der Waals surface area contributed by atoms with E-state index in [0.717, 1.165) is 0 Å². The largest absolute Gasteiger partial charge is 0.337 e. The highest BCUT2D eigenvalue weighted by molar-refractivity contribution is 5.98. The Morgan fingerprint density at radius 1 is 0.742 bits per heavy atom. The van der Waals surface area contributed by atoms with Gasteiger partial charge in [-0.25, -0.2) is 0 Å². The van der Waals surface area contributed by atoms with Crippen molar-refractivity contribution in [3.8, 4) is 0 Å². The van der Waals surface area contributed by atoms with Gasteiger partial charge in [0.2, 0.25) is 0 Å². The molecule has 0 aliphatic carbocycles. The zero-order valence-electron chi connectivity index (χ0n) is 17.2. The molecule has 31 heavy (non-hydrogen) atoms. The fourth-order valence-corrected chi connectivity index (χ4v) is 3.77. The Bertz CT molecular complexity index is 984. The van der Waals surface area contributed by atoms with Crippen LogP contribution >= 0.6 is 0 Å². The summed E-state index contributed by atoms with van der Waals surface area (Å²) in [4.78, 5) is 50.5. The van der Waals surface area contributed by atoms with Crippen molar-refractivity contribution in [2.45, 2.75) is 20.3 Å². The minimum Gasteiger partial charge on any atom is -0.337 e. The van der Waals surface area contributed by atoms with Gasteiger partial charge in [0.15, 0.2) is 0 Å². The van der Waals surface area contributed by atoms with Gasteiger partial charge < -0.3 is 9.80 Å². The van der Waals surface area contributed by atoms with Crippen LogP contribution < -0.4 is 0 Å². The summed E-state index contributed by atoms with van der Waals surface area (Å²) in [6.07, 6.45) is 0.527. The normalized spacial score (nSPS) is 14.1. The van der Waals surface area contributed by atoms with E-state index in [4.69, 9.17) is 0 Å². The van der Waals surface area contributed by atoms with Crippen molar-refractivity contribution in [2.75, 3.05) is 26.2 Å². The molecule has 0 saturated carbocycles. The lowest BCUT2D eigenvalue weighted by Crippen LogP contribution is -2.37. The van der Waals surface area contributed by atoms with Crippen LogP contribution in [0.1, 0.15) is 38.3 Å². The molecule has 0 bridgehead atoms. The maximum Gasteiger partial charge on any atom is 0.273 e. The second-order valence-electron chi connectivity index (χ2n) is 7.35. The standard InChI is InChI=1S/C21H22N4O6/c1-14-16(6-3-8-18(14)24(28)29)20(26)22-10-5-11-23(13-12-22)21(27)17-7-4-9-19(15(17)2)25(30)31/h3-4,6-9H,5,10-13H2,1-2H3. The highest BCUT2D eigenvalue weighted by atomic mass is 16.6. The van der Waals surface area contributed by atoms with E-state index in [1.54, 1.807) is 35.8 Å². The molecule has 0 spiro atoms. The van der Waals surface area contributed by atoms with E-state index in [0.29, 0.717) is 30.6 Å². The fraction of sp³-hybridized carbons (Fsp3) is 0.333. The van der Waals surface area contributed by atoms with Crippen LogP contribution in [0.2, 0.25) is 0 Å². The summed E-state index contributed by atoms with van der Waals surface area (Å²) in [7, 11) is 0. The number of hydrogen-bond acceptors (Lipinski definition) is 6. The van der Waals surface area contributed by atoms with Gasteiger partial charge in [0.1, 0.15) is 0 Å². The maximum absolute atomic E-state index is 13.0. The highest BCUT2D eigenvalue weighted by Crippen LogP contribution is 2.24. The SMILES string of the molecule is Cc1c(C(=O)N2CCCN(C(=O)c3cccc([N+](=O)[O-])c3C)CC2)cccc1[N+](=O)[O-]. The number of rotatable bonds is 4. The highest BCUT2D eigenvalue weighted by Gasteiger charge is 2.27. The van der Waals surface area contributed by atoms with Crippen LogP contribution in [0.25, 0.3) is 0 Å². The Morgan fingerprint density at radius 3 is 1.48 bits per heavy atom. The van der Waals surface area contributed by atoms with E-state index in [-0.39, 0.29) is 47.4 Å². The third-order valence-electron chi connectivity index (χ3n) is 5.53. The molecule has 1 saturated heterocycles. The Labute approximate surface area is 178 Å². The van der Waals surface area contributed by atoms with E-state index < -0.39 is 9.85 Å². The number of nitro benzene ring substituents is 2. The molecular formula is C21H22N4O6. The van der Waals surface area contributed by atoms with E-state index in [1.165, 1.54) is 24.3 Å². The molecule has 2 aromatic carbocycles. The van der Waals surface area contributed by atoms with Gasteiger partial charge in [-0.05, 0) is 32.4 Å². The second-order valence-corrected chi connectivity index (χ2v) is 7.35. The molecule has 1 aliphatic rings. The number of nitro groups is 2. The van der Waals surface area contributed by atoms with Gasteiger partial charge in [0, 0.05) is 60.6 Å². The van der Waals surface area contributed by atoms with Crippen LogP contribution in [0.5, 0.6) is 0 Å². The molecule has 10 nitrogen and oxygen atoms in total. The van der Waals surface area contributed by atoms with Crippen molar-refractivity contribution < 1.29 is 19.4 Å². The number of hydrogen-bond donors (Lipinski definition) is 0. The zero-order valence-corrected chi connectivity index (χ0v) is 17.2. The van der Waals surface area contributed by atoms with Gasteiger partial charge in [-0.1, -0.05) is 12.1 Å². The van der Waals surface area contributed by atoms with E-state index >= 15 is 0 Å². The molecule has 0 aromatic heterocycles. The molecule has 3 rings (SSSR count). The third-order valence-corrected chi connectivity index (χ3v) is 5.53. The topological polar surface area (TPSA) is 127 Å². The molecular weight excluding hydrogens is 404 g/mol. The van der Waals surface area contributed by atoms with E-state index in [9.17, 15) is 29.8 Å². The minimum atomic E-state index is -0.518. The molecule has 2 aromatic rings. The van der Waals surface area contributed by atoms with Crippen molar-refractivity contribution >= 4 is 23.2 Å². The first-order valence-corrected chi connectivity index (χ1v) is 9.79. The molecule has 1 heterocycles. The average Bonchev–Trinajstić information content (AvgIpc) is 2.99. The number of carbonyl (C=O) groups is 2. The lowest BCUT2D eigenvalue weighted by molar-refractivity contribution is -0.385. The first-order chi connectivity index (χ1) is 14.7. The number of amides is 2. The molecule has 0 unspecified atom stereocenters. The quantitative estimate of drug-likeness (QED) is 0.546. The predicted molar refractivity (Wildman–Crippen MR) is 112 cm³/mol. The summed E-state index contributed by atoms with van der Waals surface area (Å²) in [5.41, 5.74) is 0.924. The van der Waals surface area contributed by atoms with Gasteiger partial charge in [0.05, 0.1) is 9.85 Å². The first-order valence-electron chi connectivity index (χ1n) is 9.79. The molecule has 10 heteroatoms. The summed E-state index contributed by atoms with van der Waals surface area (Å²) in [6.45, 7) is 4.42. The van der Waals surface area contributed by atoms with E-state index in [2.05, 4.69) is 0 Å². The Kier molecular flexibility index (Phi) is 6.28. The number of benzene rings is 2. The predicted octanol–water partition coefficient (Wildman–Crippen LogP) is 3.11. The van der Waals surface area contributed by atoms with Crippen LogP contribution in [-0.2, 0) is 0 Å². The Morgan fingerprint density at radius 2 is 1.13 bits per heavy atom. The van der Waals surface area contributed by atoms with Gasteiger partial charge >= 0.3 is 0 Å². The van der Waals surface area contributed by atoms with Gasteiger partial charge in [-0.3, -0.25) is 29.8 Å². The lowest BCUT2D eigenvalue weighted by Gasteiger charge is -2.23. The van der Waals surface area contributed by atoms with Crippen molar-refractivity contribution in [3.05, 3.63) is 78.9 Å². The molecule has 0 radical (unpaired) electrons.